The Kier molecular flexibility index (Phi) is 2.97. The van der Waals surface area contributed by atoms with Crippen molar-refractivity contribution in [3.8, 4) is 17.1 Å². The van der Waals surface area contributed by atoms with Crippen molar-refractivity contribution in [2.45, 2.75) is 32.2 Å². The Hall–Kier alpha value is -2.30. The molecule has 1 aromatic heterocycles. The molecule has 1 aromatic carbocycles. The van der Waals surface area contributed by atoms with Crippen LogP contribution in [-0.2, 0) is 6.42 Å². The number of hydrogen-bond acceptors (Lipinski definition) is 3. The lowest BCUT2D eigenvalue weighted by molar-refractivity contribution is 0.0689. The summed E-state index contributed by atoms with van der Waals surface area (Å²) in [4.78, 5) is 15.7. The number of imidazole rings is 1. The van der Waals surface area contributed by atoms with Crippen molar-refractivity contribution in [3.63, 3.8) is 0 Å². The third-order valence-electron chi connectivity index (χ3n) is 3.79. The fourth-order valence-corrected chi connectivity index (χ4v) is 2.89. The van der Waals surface area contributed by atoms with E-state index in [0.29, 0.717) is 5.82 Å². The summed E-state index contributed by atoms with van der Waals surface area (Å²) in [5.74, 6) is -0.213. The van der Waals surface area contributed by atoms with Gasteiger partial charge in [0.05, 0.1) is 5.69 Å². The van der Waals surface area contributed by atoms with Crippen LogP contribution in [0.4, 0.5) is 0 Å². The fourth-order valence-electron chi connectivity index (χ4n) is 2.89. The van der Waals surface area contributed by atoms with E-state index in [9.17, 15) is 15.0 Å². The molecule has 3 rings (SSSR count). The van der Waals surface area contributed by atoms with Crippen molar-refractivity contribution >= 4 is 5.97 Å². The Morgan fingerprint density at radius 2 is 2.25 bits per heavy atom. The standard InChI is InChI=1S/C15H16N2O3/c1-9-4-2-7-12-13(15(19)20)16-14(17(9)12)10-5-3-6-11(18)8-10/h3,5-6,8-9,18H,2,4,7H2,1H3,(H,19,20). The number of aromatic hydroxyl groups is 1. The largest absolute Gasteiger partial charge is 0.508 e. The van der Waals surface area contributed by atoms with Gasteiger partial charge in [0.2, 0.25) is 0 Å². The SMILES string of the molecule is CC1CCCc2c(C(=O)O)nc(-c3cccc(O)c3)n21. The average Bonchev–Trinajstić information content (AvgIpc) is 2.80. The Balaban J connectivity index is 2.23. The lowest BCUT2D eigenvalue weighted by atomic mass is 10.0. The number of nitrogens with zero attached hydrogens (tertiary/aromatic N) is 2. The van der Waals surface area contributed by atoms with Crippen LogP contribution >= 0.6 is 0 Å². The minimum absolute atomic E-state index is 0.134. The lowest BCUT2D eigenvalue weighted by Gasteiger charge is -2.24. The van der Waals surface area contributed by atoms with E-state index in [4.69, 9.17) is 0 Å². The summed E-state index contributed by atoms with van der Waals surface area (Å²) >= 11 is 0. The third kappa shape index (κ3) is 1.95. The molecule has 1 aliphatic heterocycles. The van der Waals surface area contributed by atoms with E-state index in [-0.39, 0.29) is 17.5 Å². The molecule has 0 saturated heterocycles. The number of carbonyl (C=O) groups is 1. The number of carboxylic acids is 1. The molecule has 0 spiro atoms. The van der Waals surface area contributed by atoms with E-state index in [2.05, 4.69) is 11.9 Å². The van der Waals surface area contributed by atoms with Gasteiger partial charge in [0, 0.05) is 11.6 Å². The summed E-state index contributed by atoms with van der Waals surface area (Å²) in [6.07, 6.45) is 2.72. The van der Waals surface area contributed by atoms with Crippen molar-refractivity contribution < 1.29 is 15.0 Å². The molecule has 0 radical (unpaired) electrons. The smallest absolute Gasteiger partial charge is 0.356 e. The van der Waals surface area contributed by atoms with Gasteiger partial charge >= 0.3 is 5.97 Å². The highest BCUT2D eigenvalue weighted by atomic mass is 16.4. The van der Waals surface area contributed by atoms with Crippen LogP contribution in [0.3, 0.4) is 0 Å². The van der Waals surface area contributed by atoms with Gasteiger partial charge in [0.1, 0.15) is 11.6 Å². The maximum Gasteiger partial charge on any atom is 0.356 e. The van der Waals surface area contributed by atoms with Gasteiger partial charge in [-0.1, -0.05) is 12.1 Å². The molecule has 0 saturated carbocycles. The van der Waals surface area contributed by atoms with Crippen LogP contribution in [-0.4, -0.2) is 25.7 Å². The maximum atomic E-state index is 11.4. The molecule has 2 aromatic rings. The van der Waals surface area contributed by atoms with Gasteiger partial charge in [-0.15, -0.1) is 0 Å². The number of phenols is 1. The number of aromatic nitrogens is 2. The van der Waals surface area contributed by atoms with Crippen molar-refractivity contribution in [2.24, 2.45) is 0 Å². The molecule has 0 aliphatic carbocycles. The first-order valence-corrected chi connectivity index (χ1v) is 6.71. The van der Waals surface area contributed by atoms with E-state index in [1.54, 1.807) is 18.2 Å². The molecule has 5 heteroatoms. The minimum Gasteiger partial charge on any atom is -0.508 e. The molecular weight excluding hydrogens is 256 g/mol. The summed E-state index contributed by atoms with van der Waals surface area (Å²) < 4.78 is 2.00. The molecule has 1 atom stereocenters. The topological polar surface area (TPSA) is 75.3 Å². The highest BCUT2D eigenvalue weighted by Crippen LogP contribution is 2.34. The predicted molar refractivity (Wildman–Crippen MR) is 73.9 cm³/mol. The number of hydrogen-bond donors (Lipinski definition) is 2. The lowest BCUT2D eigenvalue weighted by Crippen LogP contribution is -2.17. The van der Waals surface area contributed by atoms with Crippen LogP contribution in [0, 0.1) is 0 Å². The number of fused-ring (bicyclic) bond motifs is 1. The van der Waals surface area contributed by atoms with E-state index >= 15 is 0 Å². The van der Waals surface area contributed by atoms with Crippen LogP contribution in [0.15, 0.2) is 24.3 Å². The van der Waals surface area contributed by atoms with Gasteiger partial charge in [-0.25, -0.2) is 9.78 Å². The number of carboxylic acid groups (broad SMARTS) is 1. The van der Waals surface area contributed by atoms with Crippen molar-refractivity contribution in [3.05, 3.63) is 35.7 Å². The average molecular weight is 272 g/mol. The molecule has 2 N–H and O–H groups in total. The number of rotatable bonds is 2. The first-order chi connectivity index (χ1) is 9.58. The second-order valence-electron chi connectivity index (χ2n) is 5.20. The summed E-state index contributed by atoms with van der Waals surface area (Å²) in [7, 11) is 0. The fraction of sp³-hybridized carbons (Fsp3) is 0.333. The van der Waals surface area contributed by atoms with Crippen LogP contribution in [0.2, 0.25) is 0 Å². The van der Waals surface area contributed by atoms with E-state index in [1.807, 2.05) is 10.6 Å². The van der Waals surface area contributed by atoms with Crippen LogP contribution in [0.5, 0.6) is 5.75 Å². The van der Waals surface area contributed by atoms with E-state index in [0.717, 1.165) is 30.5 Å². The minimum atomic E-state index is -0.991. The first kappa shape index (κ1) is 12.7. The zero-order chi connectivity index (χ0) is 14.3. The molecule has 104 valence electrons. The Bertz CT molecular complexity index is 676. The Morgan fingerprint density at radius 3 is 2.95 bits per heavy atom. The Morgan fingerprint density at radius 1 is 1.45 bits per heavy atom. The van der Waals surface area contributed by atoms with Crippen molar-refractivity contribution in [1.82, 2.24) is 9.55 Å². The van der Waals surface area contributed by atoms with Gasteiger partial charge in [-0.05, 0) is 38.3 Å². The monoisotopic (exact) mass is 272 g/mol. The van der Waals surface area contributed by atoms with E-state index in [1.165, 1.54) is 0 Å². The van der Waals surface area contributed by atoms with Crippen molar-refractivity contribution in [2.75, 3.05) is 0 Å². The second kappa shape index (κ2) is 4.67. The summed E-state index contributed by atoms with van der Waals surface area (Å²) in [5.41, 5.74) is 1.66. The molecule has 0 fully saturated rings. The quantitative estimate of drug-likeness (QED) is 0.881. The highest BCUT2D eigenvalue weighted by Gasteiger charge is 2.28. The summed E-state index contributed by atoms with van der Waals surface area (Å²) in [5, 5.41) is 18.9. The predicted octanol–water partition coefficient (Wildman–Crippen LogP) is 2.85. The summed E-state index contributed by atoms with van der Waals surface area (Å²) in [6, 6.07) is 6.99. The van der Waals surface area contributed by atoms with Crippen LogP contribution in [0.1, 0.15) is 42.0 Å². The molecule has 1 unspecified atom stereocenters. The maximum absolute atomic E-state index is 11.4. The normalized spacial score (nSPS) is 17.8. The van der Waals surface area contributed by atoms with Crippen LogP contribution in [0.25, 0.3) is 11.4 Å². The third-order valence-corrected chi connectivity index (χ3v) is 3.79. The molecule has 1 aliphatic rings. The number of benzene rings is 1. The van der Waals surface area contributed by atoms with Gasteiger partial charge in [0.15, 0.2) is 5.69 Å². The van der Waals surface area contributed by atoms with Gasteiger partial charge in [0.25, 0.3) is 0 Å². The molecule has 0 bridgehead atoms. The van der Waals surface area contributed by atoms with Gasteiger partial charge < -0.3 is 14.8 Å². The first-order valence-electron chi connectivity index (χ1n) is 6.71. The molecule has 0 amide bonds. The van der Waals surface area contributed by atoms with Crippen molar-refractivity contribution in [1.29, 1.82) is 0 Å². The van der Waals surface area contributed by atoms with E-state index < -0.39 is 5.97 Å². The Labute approximate surface area is 116 Å². The number of phenolic OH excluding ortho intramolecular Hbond substituents is 1. The molecular formula is C15H16N2O3. The highest BCUT2D eigenvalue weighted by molar-refractivity contribution is 5.88. The van der Waals surface area contributed by atoms with Crippen LogP contribution < -0.4 is 0 Å². The van der Waals surface area contributed by atoms with Gasteiger partial charge in [-0.2, -0.15) is 0 Å². The number of aromatic carboxylic acids is 1. The zero-order valence-electron chi connectivity index (χ0n) is 11.2. The van der Waals surface area contributed by atoms with Gasteiger partial charge in [-0.3, -0.25) is 0 Å². The second-order valence-corrected chi connectivity index (χ2v) is 5.20. The summed E-state index contributed by atoms with van der Waals surface area (Å²) in [6.45, 7) is 2.07. The zero-order valence-corrected chi connectivity index (χ0v) is 11.2. The molecule has 5 nitrogen and oxygen atoms in total. The molecule has 20 heavy (non-hydrogen) atoms. The molecule has 2 heterocycles.